The second-order valence-corrected chi connectivity index (χ2v) is 5.12. The van der Waals surface area contributed by atoms with Crippen LogP contribution in [0.25, 0.3) is 0 Å². The van der Waals surface area contributed by atoms with Gasteiger partial charge in [-0.15, -0.1) is 0 Å². The van der Waals surface area contributed by atoms with Crippen LogP contribution in [0, 0.1) is 0 Å². The van der Waals surface area contributed by atoms with Crippen LogP contribution in [0.15, 0.2) is 0 Å². The normalized spacial score (nSPS) is 20.5. The van der Waals surface area contributed by atoms with E-state index in [0.29, 0.717) is 12.6 Å². The highest BCUT2D eigenvalue weighted by atomic mass is 16.2. The van der Waals surface area contributed by atoms with E-state index in [4.69, 9.17) is 0 Å². The highest BCUT2D eigenvalue weighted by molar-refractivity contribution is 5.85. The highest BCUT2D eigenvalue weighted by Gasteiger charge is 2.24. The second-order valence-electron chi connectivity index (χ2n) is 5.12. The summed E-state index contributed by atoms with van der Waals surface area (Å²) in [6.45, 7) is 4.23. The van der Waals surface area contributed by atoms with Crippen molar-refractivity contribution in [3.63, 3.8) is 0 Å². The fraction of sp³-hybridized carbons (Fsp3) is 0.833. The molecule has 18 heavy (non-hydrogen) atoms. The van der Waals surface area contributed by atoms with Crippen LogP contribution < -0.4 is 10.6 Å². The Morgan fingerprint density at radius 3 is 2.61 bits per heavy atom. The maximum Gasteiger partial charge on any atom is 0.239 e. The number of carbonyl (C=O) groups excluding carboxylic acids is 2. The van der Waals surface area contributed by atoms with Crippen molar-refractivity contribution in [2.75, 3.05) is 46.3 Å². The minimum absolute atomic E-state index is 0.0165. The molecule has 2 aliphatic rings. The van der Waals surface area contributed by atoms with Gasteiger partial charge in [-0.05, 0) is 12.8 Å². The average molecular weight is 254 g/mol. The molecule has 2 fully saturated rings. The molecule has 2 N–H and O–H groups in total. The predicted molar refractivity (Wildman–Crippen MR) is 68.1 cm³/mol. The van der Waals surface area contributed by atoms with Crippen molar-refractivity contribution < 1.29 is 9.59 Å². The summed E-state index contributed by atoms with van der Waals surface area (Å²) < 4.78 is 0. The molecular formula is C12H22N4O2. The molecule has 0 radical (unpaired) electrons. The Balaban J connectivity index is 1.67. The first kappa shape index (κ1) is 13.3. The third kappa shape index (κ3) is 4.27. The number of likely N-dealkylation sites (N-methyl/N-ethyl adjacent to an activating group) is 1. The van der Waals surface area contributed by atoms with Crippen molar-refractivity contribution in [1.82, 2.24) is 20.4 Å². The predicted octanol–water partition coefficient (Wildman–Crippen LogP) is -1.37. The van der Waals surface area contributed by atoms with E-state index in [-0.39, 0.29) is 18.4 Å². The van der Waals surface area contributed by atoms with Crippen LogP contribution >= 0.6 is 0 Å². The van der Waals surface area contributed by atoms with Gasteiger partial charge in [-0.1, -0.05) is 0 Å². The minimum atomic E-state index is -0.0475. The van der Waals surface area contributed by atoms with Crippen molar-refractivity contribution >= 4 is 11.8 Å². The molecule has 102 valence electrons. The maximum atomic E-state index is 11.9. The number of nitrogens with zero attached hydrogens (tertiary/aromatic N) is 2. The molecule has 0 bridgehead atoms. The summed E-state index contributed by atoms with van der Waals surface area (Å²) in [6.07, 6.45) is 2.15. The van der Waals surface area contributed by atoms with Gasteiger partial charge in [-0.25, -0.2) is 0 Å². The van der Waals surface area contributed by atoms with E-state index in [0.717, 1.165) is 39.0 Å². The average Bonchev–Trinajstić information content (AvgIpc) is 3.14. The van der Waals surface area contributed by atoms with Crippen LogP contribution in [0.3, 0.4) is 0 Å². The van der Waals surface area contributed by atoms with E-state index >= 15 is 0 Å². The van der Waals surface area contributed by atoms with E-state index in [1.54, 1.807) is 7.05 Å². The lowest BCUT2D eigenvalue weighted by atomic mass is 10.3. The second kappa shape index (κ2) is 6.15. The molecule has 0 aromatic carbocycles. The lowest BCUT2D eigenvalue weighted by Gasteiger charge is -2.28. The maximum absolute atomic E-state index is 11.9. The van der Waals surface area contributed by atoms with Gasteiger partial charge in [-0.2, -0.15) is 0 Å². The van der Waals surface area contributed by atoms with Gasteiger partial charge in [0.1, 0.15) is 0 Å². The van der Waals surface area contributed by atoms with Gasteiger partial charge in [0.15, 0.2) is 0 Å². The summed E-state index contributed by atoms with van der Waals surface area (Å²) in [6, 6.07) is 0.356. The van der Waals surface area contributed by atoms with Crippen LogP contribution in [0.2, 0.25) is 0 Å². The molecule has 1 heterocycles. The Morgan fingerprint density at radius 1 is 1.33 bits per heavy atom. The van der Waals surface area contributed by atoms with Gasteiger partial charge in [0.25, 0.3) is 0 Å². The number of rotatable bonds is 5. The SMILES string of the molecule is CN(CC(=O)NC1CC1)C(=O)CN1CCNCC1. The number of amides is 2. The molecule has 0 spiro atoms. The zero-order valence-electron chi connectivity index (χ0n) is 10.9. The summed E-state index contributed by atoms with van der Waals surface area (Å²) in [4.78, 5) is 27.1. The van der Waals surface area contributed by atoms with Crippen molar-refractivity contribution in [2.24, 2.45) is 0 Å². The third-order valence-electron chi connectivity index (χ3n) is 3.32. The zero-order valence-corrected chi connectivity index (χ0v) is 10.9. The molecule has 6 nitrogen and oxygen atoms in total. The van der Waals surface area contributed by atoms with Crippen molar-refractivity contribution in [3.8, 4) is 0 Å². The number of hydrogen-bond donors (Lipinski definition) is 2. The molecule has 0 unspecified atom stereocenters. The first-order chi connectivity index (χ1) is 8.65. The fourth-order valence-corrected chi connectivity index (χ4v) is 1.99. The molecule has 2 amide bonds. The lowest BCUT2D eigenvalue weighted by molar-refractivity contribution is -0.135. The van der Waals surface area contributed by atoms with Crippen molar-refractivity contribution in [1.29, 1.82) is 0 Å². The Kier molecular flexibility index (Phi) is 4.54. The van der Waals surface area contributed by atoms with Crippen LogP contribution in [0.1, 0.15) is 12.8 Å². The van der Waals surface area contributed by atoms with E-state index in [9.17, 15) is 9.59 Å². The fourth-order valence-electron chi connectivity index (χ4n) is 1.99. The summed E-state index contributed by atoms with van der Waals surface area (Å²) in [7, 11) is 1.69. The summed E-state index contributed by atoms with van der Waals surface area (Å²) >= 11 is 0. The van der Waals surface area contributed by atoms with Crippen LogP contribution in [-0.4, -0.2) is 74.0 Å². The molecule has 0 atom stereocenters. The van der Waals surface area contributed by atoms with Gasteiger partial charge >= 0.3 is 0 Å². The number of nitrogens with one attached hydrogen (secondary N) is 2. The molecule has 0 aromatic heterocycles. The number of piperazine rings is 1. The van der Waals surface area contributed by atoms with E-state index < -0.39 is 0 Å². The van der Waals surface area contributed by atoms with Crippen LogP contribution in [0.5, 0.6) is 0 Å². The topological polar surface area (TPSA) is 64.7 Å². The number of carbonyl (C=O) groups is 2. The first-order valence-corrected chi connectivity index (χ1v) is 6.61. The Morgan fingerprint density at radius 2 is 2.00 bits per heavy atom. The molecule has 1 saturated carbocycles. The molecule has 0 aromatic rings. The van der Waals surface area contributed by atoms with Crippen LogP contribution in [0.4, 0.5) is 0 Å². The summed E-state index contributed by atoms with van der Waals surface area (Å²) in [5.41, 5.74) is 0. The van der Waals surface area contributed by atoms with Gasteiger partial charge in [0, 0.05) is 39.3 Å². The summed E-state index contributed by atoms with van der Waals surface area (Å²) in [5.74, 6) is -0.0310. The zero-order chi connectivity index (χ0) is 13.0. The van der Waals surface area contributed by atoms with Crippen LogP contribution in [-0.2, 0) is 9.59 Å². The first-order valence-electron chi connectivity index (χ1n) is 6.61. The Bertz CT molecular complexity index is 311. The molecule has 6 heteroatoms. The van der Waals surface area contributed by atoms with Crippen molar-refractivity contribution in [3.05, 3.63) is 0 Å². The molecular weight excluding hydrogens is 232 g/mol. The quantitative estimate of drug-likeness (QED) is 0.635. The third-order valence-corrected chi connectivity index (χ3v) is 3.32. The largest absolute Gasteiger partial charge is 0.352 e. The van der Waals surface area contributed by atoms with E-state index in [2.05, 4.69) is 15.5 Å². The molecule has 1 aliphatic heterocycles. The lowest BCUT2D eigenvalue weighted by Crippen LogP contribution is -2.49. The van der Waals surface area contributed by atoms with Gasteiger partial charge < -0.3 is 15.5 Å². The van der Waals surface area contributed by atoms with Gasteiger partial charge in [0.2, 0.25) is 11.8 Å². The van der Waals surface area contributed by atoms with Gasteiger partial charge in [-0.3, -0.25) is 14.5 Å². The summed E-state index contributed by atoms with van der Waals surface area (Å²) in [5, 5.41) is 6.13. The monoisotopic (exact) mass is 254 g/mol. The molecule has 2 rings (SSSR count). The standard InChI is InChI=1S/C12H22N4O2/c1-15(8-11(17)14-10-2-3-10)12(18)9-16-6-4-13-5-7-16/h10,13H,2-9H2,1H3,(H,14,17). The molecule has 1 saturated heterocycles. The minimum Gasteiger partial charge on any atom is -0.352 e. The smallest absolute Gasteiger partial charge is 0.239 e. The van der Waals surface area contributed by atoms with Crippen molar-refractivity contribution in [2.45, 2.75) is 18.9 Å². The van der Waals surface area contributed by atoms with Gasteiger partial charge in [0.05, 0.1) is 13.1 Å². The van der Waals surface area contributed by atoms with E-state index in [1.165, 1.54) is 4.90 Å². The Labute approximate surface area is 108 Å². The van der Waals surface area contributed by atoms with E-state index in [1.807, 2.05) is 0 Å². The Hall–Kier alpha value is -1.14. The number of hydrogen-bond acceptors (Lipinski definition) is 4. The highest BCUT2D eigenvalue weighted by Crippen LogP contribution is 2.18. The molecule has 1 aliphatic carbocycles.